The fraction of sp³-hybridized carbons (Fsp3) is 0. The first-order valence-electron chi connectivity index (χ1n) is 1.43. The molecule has 0 bridgehead atoms. The zero-order chi connectivity index (χ0) is 7.15. The molecule has 0 fully saturated rings. The highest BCUT2D eigenvalue weighted by Gasteiger charge is 1.59. The summed E-state index contributed by atoms with van der Waals surface area (Å²) in [6.07, 6.45) is 0. The van der Waals surface area contributed by atoms with Crippen LogP contribution in [0.5, 0.6) is 0 Å². The molecule has 0 spiro atoms. The number of nitrogens with two attached hydrogens (primary N) is 2. The van der Waals surface area contributed by atoms with Crippen LogP contribution in [0.1, 0.15) is 0 Å². The van der Waals surface area contributed by atoms with Gasteiger partial charge < -0.3 is 16.6 Å². The van der Waals surface area contributed by atoms with E-state index in [2.05, 4.69) is 48.5 Å². The Labute approximate surface area is 63.5 Å². The van der Waals surface area contributed by atoms with Gasteiger partial charge >= 0.3 is 0 Å². The van der Waals surface area contributed by atoms with Crippen molar-refractivity contribution in [2.45, 2.75) is 0 Å². The highest BCUT2D eigenvalue weighted by Crippen LogP contribution is 1.68. The van der Waals surface area contributed by atoms with Gasteiger partial charge in [0.05, 0.1) is 0 Å². The lowest BCUT2D eigenvalue weighted by Gasteiger charge is -1.68. The van der Waals surface area contributed by atoms with Crippen molar-refractivity contribution in [3.63, 3.8) is 0 Å². The van der Waals surface area contributed by atoms with Crippen LogP contribution >= 0.6 is 37.1 Å². The maximum absolute atomic E-state index is 7.65. The number of aliphatic hydroxyl groups excluding tert-OH is 1. The van der Waals surface area contributed by atoms with E-state index in [1.54, 1.807) is 0 Å². The smallest absolute Gasteiger partial charge is 0.214 e. The van der Waals surface area contributed by atoms with E-state index >= 15 is 0 Å². The van der Waals surface area contributed by atoms with Gasteiger partial charge in [-0.1, -0.05) is 12.6 Å². The van der Waals surface area contributed by atoms with Crippen LogP contribution in [0.2, 0.25) is 0 Å². The number of thiocarbonyl (C=S) groups is 2. The van der Waals surface area contributed by atoms with E-state index in [0.29, 0.717) is 0 Å². The zero-order valence-corrected chi connectivity index (χ0v) is 6.39. The zero-order valence-electron chi connectivity index (χ0n) is 3.87. The molecule has 0 unspecified atom stereocenters. The standard InChI is InChI=1S/CH4N2S.CH2OS2/c2*2-1(3)4/h(H4,2,3,4);(H2,2,3,4). The van der Waals surface area contributed by atoms with Crippen LogP contribution < -0.4 is 11.5 Å². The van der Waals surface area contributed by atoms with Gasteiger partial charge in [-0.05, 0) is 24.4 Å². The summed E-state index contributed by atoms with van der Waals surface area (Å²) in [5.74, 6) is 0. The summed E-state index contributed by atoms with van der Waals surface area (Å²) in [5.41, 5.74) is 9.24. The largest absolute Gasteiger partial charge is 0.494 e. The van der Waals surface area contributed by atoms with Crippen LogP contribution in [0.4, 0.5) is 0 Å². The summed E-state index contributed by atoms with van der Waals surface area (Å²) in [7, 11) is 0. The van der Waals surface area contributed by atoms with E-state index < -0.39 is 0 Å². The Bertz CT molecular complexity index is 73.3. The first-order chi connectivity index (χ1) is 3.46. The lowest BCUT2D eigenvalue weighted by atomic mass is 11.3. The molecule has 0 aliphatic carbocycles. The van der Waals surface area contributed by atoms with Crippen LogP contribution in [-0.4, -0.2) is 14.6 Å². The Hall–Kier alpha value is -0.0700. The van der Waals surface area contributed by atoms with Crippen molar-refractivity contribution >= 4 is 46.6 Å². The molecule has 0 radical (unpaired) electrons. The molecule has 0 rings (SSSR count). The molecule has 48 valence electrons. The molecule has 6 heteroatoms. The van der Waals surface area contributed by atoms with Crippen LogP contribution in [-0.2, 0) is 0 Å². The molecule has 3 nitrogen and oxygen atoms in total. The molecule has 5 N–H and O–H groups in total. The van der Waals surface area contributed by atoms with Crippen molar-refractivity contribution < 1.29 is 5.11 Å². The van der Waals surface area contributed by atoms with E-state index in [1.807, 2.05) is 0 Å². The van der Waals surface area contributed by atoms with Crippen molar-refractivity contribution in [3.8, 4) is 0 Å². The Balaban J connectivity index is 0. The number of rotatable bonds is 0. The molecule has 0 heterocycles. The molecule has 0 saturated heterocycles. The lowest BCUT2D eigenvalue weighted by Crippen LogP contribution is -2.18. The molecule has 0 aromatic rings. The van der Waals surface area contributed by atoms with Crippen molar-refractivity contribution in [3.05, 3.63) is 0 Å². The average molecular weight is 170 g/mol. The summed E-state index contributed by atoms with van der Waals surface area (Å²) < 4.78 is -0.306. The lowest BCUT2D eigenvalue weighted by molar-refractivity contribution is 0.586. The number of hydrogen-bond acceptors (Lipinski definition) is 2. The van der Waals surface area contributed by atoms with Crippen LogP contribution in [0.15, 0.2) is 0 Å². The molecule has 0 amide bonds. The highest BCUT2D eigenvalue weighted by molar-refractivity contribution is 8.10. The van der Waals surface area contributed by atoms with Gasteiger partial charge in [0.1, 0.15) is 0 Å². The topological polar surface area (TPSA) is 72.3 Å². The molecule has 0 aliphatic heterocycles. The van der Waals surface area contributed by atoms with Crippen LogP contribution in [0.25, 0.3) is 0 Å². The second kappa shape index (κ2) is 6.93. The minimum Gasteiger partial charge on any atom is -0.494 e. The van der Waals surface area contributed by atoms with Gasteiger partial charge in [0.25, 0.3) is 0 Å². The van der Waals surface area contributed by atoms with Gasteiger partial charge in [-0.25, -0.2) is 0 Å². The van der Waals surface area contributed by atoms with Gasteiger partial charge in [0.15, 0.2) is 5.11 Å². The van der Waals surface area contributed by atoms with Crippen molar-refractivity contribution in [1.29, 1.82) is 0 Å². The second-order valence-electron chi connectivity index (χ2n) is 0.685. The minimum atomic E-state index is -0.306. The second-order valence-corrected chi connectivity index (χ2v) is 2.27. The summed E-state index contributed by atoms with van der Waals surface area (Å²) in [4.78, 5) is 0. The predicted molar refractivity (Wildman–Crippen MR) is 45.2 cm³/mol. The summed E-state index contributed by atoms with van der Waals surface area (Å²) in [5, 5.41) is 7.65. The Morgan fingerprint density at radius 2 is 1.38 bits per heavy atom. The normalized spacial score (nSPS) is 6.12. The van der Waals surface area contributed by atoms with E-state index in [1.165, 1.54) is 0 Å². The monoisotopic (exact) mass is 170 g/mol. The fourth-order valence-electron chi connectivity index (χ4n) is 0. The van der Waals surface area contributed by atoms with Gasteiger partial charge in [0.2, 0.25) is 4.38 Å². The molecule has 0 aliphatic rings. The number of hydrogen-bond donors (Lipinski definition) is 4. The Kier molecular flexibility index (Phi) is 9.38. The molecule has 0 aromatic carbocycles. The SMILES string of the molecule is NC(N)=S.OC(=S)S. The van der Waals surface area contributed by atoms with Crippen molar-refractivity contribution in [2.24, 2.45) is 11.5 Å². The Morgan fingerprint density at radius 3 is 1.38 bits per heavy atom. The average Bonchev–Trinajstić information content (AvgIpc) is 1.25. The molecule has 0 atom stereocenters. The first-order valence-corrected chi connectivity index (χ1v) is 2.70. The van der Waals surface area contributed by atoms with Crippen LogP contribution in [0.3, 0.4) is 0 Å². The molecule has 8 heavy (non-hydrogen) atoms. The van der Waals surface area contributed by atoms with E-state index in [4.69, 9.17) is 5.11 Å². The quantitative estimate of drug-likeness (QED) is 0.303. The van der Waals surface area contributed by atoms with Crippen molar-refractivity contribution in [1.82, 2.24) is 0 Å². The highest BCUT2D eigenvalue weighted by atomic mass is 32.1. The third kappa shape index (κ3) is 29400. The van der Waals surface area contributed by atoms with Gasteiger partial charge in [-0.2, -0.15) is 0 Å². The molecular formula is C2H6N2OS3. The summed E-state index contributed by atoms with van der Waals surface area (Å²) in [6, 6.07) is 0. The van der Waals surface area contributed by atoms with Gasteiger partial charge in [0, 0.05) is 0 Å². The van der Waals surface area contributed by atoms with Gasteiger partial charge in [-0.3, -0.25) is 0 Å². The maximum atomic E-state index is 7.65. The Morgan fingerprint density at radius 1 is 1.38 bits per heavy atom. The van der Waals surface area contributed by atoms with E-state index in [9.17, 15) is 0 Å². The molecule has 0 saturated carbocycles. The molecule has 0 aromatic heterocycles. The van der Waals surface area contributed by atoms with E-state index in [-0.39, 0.29) is 9.50 Å². The minimum absolute atomic E-state index is 0.000000000000000222. The van der Waals surface area contributed by atoms with Crippen molar-refractivity contribution in [2.75, 3.05) is 0 Å². The van der Waals surface area contributed by atoms with Crippen LogP contribution in [0, 0.1) is 0 Å². The number of thiol groups is 1. The molecular weight excluding hydrogens is 164 g/mol. The third-order valence-electron chi connectivity index (χ3n) is 0. The predicted octanol–water partition coefficient (Wildman–Crippen LogP) is -0.0522. The summed E-state index contributed by atoms with van der Waals surface area (Å²) >= 11 is 11.3. The first kappa shape index (κ1) is 10.8. The van der Waals surface area contributed by atoms with Gasteiger partial charge in [-0.15, -0.1) is 0 Å². The summed E-state index contributed by atoms with van der Waals surface area (Å²) in [6.45, 7) is 0. The number of aliphatic hydroxyl groups is 1. The van der Waals surface area contributed by atoms with E-state index in [0.717, 1.165) is 0 Å². The maximum Gasteiger partial charge on any atom is 0.214 e. The third-order valence-corrected chi connectivity index (χ3v) is 0. The fourth-order valence-corrected chi connectivity index (χ4v) is 0.